The van der Waals surface area contributed by atoms with E-state index in [0.29, 0.717) is 0 Å². The Balaban J connectivity index is 1.23. The lowest BCUT2D eigenvalue weighted by Gasteiger charge is -2.25. The van der Waals surface area contributed by atoms with Gasteiger partial charge in [0.25, 0.3) is 0 Å². The van der Waals surface area contributed by atoms with E-state index >= 15 is 0 Å². The first-order valence-electron chi connectivity index (χ1n) is 14.6. The van der Waals surface area contributed by atoms with Gasteiger partial charge in [-0.05, 0) is 60.0 Å². The minimum atomic E-state index is 0.739. The molecule has 5 nitrogen and oxygen atoms in total. The Morgan fingerprint density at radius 2 is 1.00 bits per heavy atom. The molecule has 5 heteroatoms. The van der Waals surface area contributed by atoms with Crippen molar-refractivity contribution in [3.63, 3.8) is 0 Å². The molecule has 10 aromatic rings. The van der Waals surface area contributed by atoms with E-state index < -0.39 is 0 Å². The first-order valence-corrected chi connectivity index (χ1v) is 14.6. The van der Waals surface area contributed by atoms with E-state index in [1.54, 1.807) is 0 Å². The maximum atomic E-state index is 6.54. The second-order valence-electron chi connectivity index (χ2n) is 11.2. The molecule has 4 aromatic heterocycles. The molecule has 6 aromatic carbocycles. The average Bonchev–Trinajstić information content (AvgIpc) is 3.75. The summed E-state index contributed by atoms with van der Waals surface area (Å²) in [6.45, 7) is 0. The normalized spacial score (nSPS) is 12.1. The smallest absolute Gasteiger partial charge is 0.155 e. The van der Waals surface area contributed by atoms with Crippen molar-refractivity contribution >= 4 is 93.8 Å². The van der Waals surface area contributed by atoms with Crippen LogP contribution in [0.2, 0.25) is 0 Å². The fourth-order valence-electron chi connectivity index (χ4n) is 6.64. The van der Waals surface area contributed by atoms with Crippen molar-refractivity contribution in [3.05, 3.63) is 134 Å². The number of rotatable bonds is 3. The summed E-state index contributed by atoms with van der Waals surface area (Å²) in [5, 5.41) is 7.51. The maximum absolute atomic E-state index is 6.54. The van der Waals surface area contributed by atoms with Gasteiger partial charge in [-0.1, -0.05) is 66.7 Å². The van der Waals surface area contributed by atoms with Gasteiger partial charge in [-0.2, -0.15) is 0 Å². The second kappa shape index (κ2) is 8.72. The van der Waals surface area contributed by atoms with Crippen molar-refractivity contribution in [1.29, 1.82) is 0 Å². The quantitative estimate of drug-likeness (QED) is 0.213. The van der Waals surface area contributed by atoms with Gasteiger partial charge in [0.05, 0.1) is 11.9 Å². The van der Waals surface area contributed by atoms with Crippen LogP contribution in [0.5, 0.6) is 0 Å². The Morgan fingerprint density at radius 1 is 0.409 bits per heavy atom. The van der Waals surface area contributed by atoms with E-state index in [2.05, 4.69) is 71.6 Å². The molecule has 0 spiro atoms. The third kappa shape index (κ3) is 3.32. The lowest BCUT2D eigenvalue weighted by Crippen LogP contribution is -2.10. The third-order valence-corrected chi connectivity index (χ3v) is 8.68. The molecule has 0 aliphatic heterocycles. The van der Waals surface area contributed by atoms with E-state index in [4.69, 9.17) is 18.2 Å². The predicted octanol–water partition coefficient (Wildman–Crippen LogP) is 11.4. The van der Waals surface area contributed by atoms with Crippen molar-refractivity contribution in [2.45, 2.75) is 0 Å². The molecular weight excluding hydrogens is 544 g/mol. The summed E-state index contributed by atoms with van der Waals surface area (Å²) in [4.78, 5) is 7.20. The number of hydrogen-bond donors (Lipinski definition) is 0. The van der Waals surface area contributed by atoms with Crippen LogP contribution in [0.4, 0.5) is 17.1 Å². The van der Waals surface area contributed by atoms with Crippen LogP contribution >= 0.6 is 0 Å². The van der Waals surface area contributed by atoms with E-state index in [1.165, 1.54) is 0 Å². The van der Waals surface area contributed by atoms with Crippen LogP contribution in [0.3, 0.4) is 0 Å². The molecule has 44 heavy (non-hydrogen) atoms. The van der Waals surface area contributed by atoms with Gasteiger partial charge in [0.2, 0.25) is 0 Å². The summed E-state index contributed by atoms with van der Waals surface area (Å²) < 4.78 is 18.9. The first-order chi connectivity index (χ1) is 21.8. The molecule has 0 aliphatic carbocycles. The Morgan fingerprint density at radius 3 is 1.68 bits per heavy atom. The number of para-hydroxylation sites is 2. The van der Waals surface area contributed by atoms with Gasteiger partial charge < -0.3 is 18.2 Å². The molecule has 0 amide bonds. The molecule has 0 N–H and O–H groups in total. The number of benzene rings is 6. The number of hydrogen-bond acceptors (Lipinski definition) is 5. The molecule has 0 atom stereocenters. The fourth-order valence-corrected chi connectivity index (χ4v) is 6.64. The molecule has 0 saturated heterocycles. The summed E-state index contributed by atoms with van der Waals surface area (Å²) >= 11 is 0. The van der Waals surface area contributed by atoms with Crippen LogP contribution in [0, 0.1) is 0 Å². The molecule has 206 valence electrons. The molecule has 0 bridgehead atoms. The third-order valence-electron chi connectivity index (χ3n) is 8.68. The molecule has 0 fully saturated rings. The minimum Gasteiger partial charge on any atom is -0.456 e. The molecule has 0 aliphatic rings. The minimum absolute atomic E-state index is 0.739. The van der Waals surface area contributed by atoms with E-state index in [0.717, 1.165) is 93.8 Å². The van der Waals surface area contributed by atoms with Crippen LogP contribution in [-0.2, 0) is 0 Å². The Labute approximate surface area is 250 Å². The number of nitrogens with zero attached hydrogens (tertiary/aromatic N) is 2. The highest BCUT2D eigenvalue weighted by Gasteiger charge is 2.20. The highest BCUT2D eigenvalue weighted by atomic mass is 16.3. The van der Waals surface area contributed by atoms with Gasteiger partial charge in [-0.15, -0.1) is 0 Å². The summed E-state index contributed by atoms with van der Waals surface area (Å²) in [5.41, 5.74) is 8.74. The number of anilines is 3. The van der Waals surface area contributed by atoms with Crippen molar-refractivity contribution in [3.8, 4) is 0 Å². The van der Waals surface area contributed by atoms with Crippen molar-refractivity contribution in [2.75, 3.05) is 4.90 Å². The molecule has 10 rings (SSSR count). The zero-order chi connectivity index (χ0) is 28.8. The Kier molecular flexibility index (Phi) is 4.66. The van der Waals surface area contributed by atoms with Crippen molar-refractivity contribution in [2.24, 2.45) is 0 Å². The molecule has 0 radical (unpaired) electrons. The summed E-state index contributed by atoms with van der Waals surface area (Å²) in [6, 6.07) is 43.6. The van der Waals surface area contributed by atoms with E-state index in [-0.39, 0.29) is 0 Å². The molecule has 4 heterocycles. The Hall–Kier alpha value is -6.07. The van der Waals surface area contributed by atoms with Crippen molar-refractivity contribution in [1.82, 2.24) is 4.98 Å². The van der Waals surface area contributed by atoms with Gasteiger partial charge in [0.1, 0.15) is 33.4 Å². The number of aromatic nitrogens is 1. The van der Waals surface area contributed by atoms with E-state index in [9.17, 15) is 0 Å². The summed E-state index contributed by atoms with van der Waals surface area (Å²) in [5.74, 6) is 0. The van der Waals surface area contributed by atoms with Crippen LogP contribution in [0.1, 0.15) is 0 Å². The van der Waals surface area contributed by atoms with Crippen LogP contribution in [-0.4, -0.2) is 4.98 Å². The standard InChI is InChI=1S/C39H22N2O3/c1-2-8-27-23(7-1)13-16-30-38-37(44-39(27)30)21-26(22-40-38)41(24-14-17-35-31(19-24)28-9-3-5-11-33(28)42-35)25-15-18-36-32(20-25)29-10-4-6-12-34(29)43-36/h1-22H. The molecular formula is C39H22N2O3. The topological polar surface area (TPSA) is 55.6 Å². The van der Waals surface area contributed by atoms with Crippen LogP contribution in [0.15, 0.2) is 147 Å². The lowest BCUT2D eigenvalue weighted by atomic mass is 10.1. The lowest BCUT2D eigenvalue weighted by molar-refractivity contribution is 0.668. The number of pyridine rings is 1. The predicted molar refractivity (Wildman–Crippen MR) is 178 cm³/mol. The van der Waals surface area contributed by atoms with Crippen LogP contribution in [0.25, 0.3) is 76.7 Å². The number of fused-ring (bicyclic) bond motifs is 11. The van der Waals surface area contributed by atoms with Gasteiger partial charge in [0.15, 0.2) is 5.58 Å². The monoisotopic (exact) mass is 566 g/mol. The average molecular weight is 567 g/mol. The Bertz CT molecular complexity index is 2630. The zero-order valence-electron chi connectivity index (χ0n) is 23.3. The van der Waals surface area contributed by atoms with Gasteiger partial charge in [-0.25, -0.2) is 4.98 Å². The van der Waals surface area contributed by atoms with Gasteiger partial charge in [0, 0.05) is 49.8 Å². The first kappa shape index (κ1) is 23.5. The number of furan rings is 3. The highest BCUT2D eigenvalue weighted by Crippen LogP contribution is 2.42. The van der Waals surface area contributed by atoms with Gasteiger partial charge >= 0.3 is 0 Å². The molecule has 0 saturated carbocycles. The fraction of sp³-hybridized carbons (Fsp3) is 0. The zero-order valence-corrected chi connectivity index (χ0v) is 23.3. The second-order valence-corrected chi connectivity index (χ2v) is 11.2. The molecule has 0 unspecified atom stereocenters. The SMILES string of the molecule is c1ccc2c(c1)ccc1c3ncc(N(c4ccc5oc6ccccc6c5c4)c4ccc5oc6ccccc6c5c4)cc3oc21. The van der Waals surface area contributed by atoms with E-state index in [1.807, 2.05) is 66.9 Å². The van der Waals surface area contributed by atoms with Gasteiger partial charge in [-0.3, -0.25) is 0 Å². The van der Waals surface area contributed by atoms with Crippen molar-refractivity contribution < 1.29 is 13.3 Å². The largest absolute Gasteiger partial charge is 0.456 e. The maximum Gasteiger partial charge on any atom is 0.155 e. The summed E-state index contributed by atoms with van der Waals surface area (Å²) in [7, 11) is 0. The summed E-state index contributed by atoms with van der Waals surface area (Å²) in [6.07, 6.45) is 1.93. The van der Waals surface area contributed by atoms with Crippen LogP contribution < -0.4 is 4.90 Å². The highest BCUT2D eigenvalue weighted by molar-refractivity contribution is 6.14.